The summed E-state index contributed by atoms with van der Waals surface area (Å²) in [5.41, 5.74) is 0. The molecule has 0 aliphatic rings. The van der Waals surface area contributed by atoms with Gasteiger partial charge in [-0.1, -0.05) is 203 Å². The normalized spacial score (nSPS) is 14.5. The first-order valence-corrected chi connectivity index (χ1v) is 23.2. The van der Waals surface area contributed by atoms with E-state index in [-0.39, 0.29) is 19.8 Å². The van der Waals surface area contributed by atoms with Crippen molar-refractivity contribution in [3.63, 3.8) is 0 Å². The average Bonchev–Trinajstić information content (AvgIpc) is 3.13. The smallest absolute Gasteiger partial charge is 0.331 e. The molecule has 0 amide bonds. The first-order valence-electron chi connectivity index (χ1n) is 21.8. The van der Waals surface area contributed by atoms with Crippen LogP contribution in [0.3, 0.4) is 0 Å². The Balaban J connectivity index is 4.51. The number of allylic oxidation sites excluding steroid dienone is 11. The Hall–Kier alpha value is -2.06. The van der Waals surface area contributed by atoms with Crippen molar-refractivity contribution in [1.82, 2.24) is 0 Å². The molecule has 0 aliphatic carbocycles. The lowest BCUT2D eigenvalue weighted by molar-refractivity contribution is -0.870. The quantitative estimate of drug-likeness (QED) is 0.0153. The Morgan fingerprint density at radius 1 is 0.564 bits per heavy atom. The van der Waals surface area contributed by atoms with E-state index in [0.29, 0.717) is 17.6 Å². The summed E-state index contributed by atoms with van der Waals surface area (Å²) in [7, 11) is 1.26. The van der Waals surface area contributed by atoms with Gasteiger partial charge in [-0.05, 0) is 19.3 Å². The highest BCUT2D eigenvalue weighted by molar-refractivity contribution is 7.45. The van der Waals surface area contributed by atoms with Crippen LogP contribution in [-0.2, 0) is 27.9 Å². The summed E-state index contributed by atoms with van der Waals surface area (Å²) < 4.78 is 34.3. The third-order valence-corrected chi connectivity index (χ3v) is 9.97. The lowest BCUT2D eigenvalue weighted by Gasteiger charge is -2.28. The SMILES string of the molecule is CCCCCCCCCC=CC=CC=CC=CC=CC=CC(=O)O[C@H](COCCCCCCCCCCCCCCCC)COP(=O)([O-])OCC[N+](C)(C)C. The highest BCUT2D eigenvalue weighted by Gasteiger charge is 2.19. The predicted octanol–water partition coefficient (Wildman–Crippen LogP) is 12.1. The number of hydrogen-bond donors (Lipinski definition) is 0. The number of hydrogen-bond acceptors (Lipinski definition) is 7. The third kappa shape index (κ3) is 42.9. The van der Waals surface area contributed by atoms with Crippen molar-refractivity contribution >= 4 is 13.8 Å². The van der Waals surface area contributed by atoms with E-state index >= 15 is 0 Å². The number of nitrogens with zero attached hydrogens (tertiary/aromatic N) is 1. The molecular formula is C46H82NO7P. The van der Waals surface area contributed by atoms with Gasteiger partial charge in [-0.15, -0.1) is 0 Å². The molecule has 0 saturated carbocycles. The minimum Gasteiger partial charge on any atom is -0.756 e. The molecule has 0 aliphatic heterocycles. The monoisotopic (exact) mass is 792 g/mol. The second-order valence-corrected chi connectivity index (χ2v) is 17.0. The maximum atomic E-state index is 12.5. The van der Waals surface area contributed by atoms with Crippen molar-refractivity contribution in [2.24, 2.45) is 0 Å². The van der Waals surface area contributed by atoms with E-state index in [1.807, 2.05) is 63.7 Å². The number of quaternary nitrogens is 1. The highest BCUT2D eigenvalue weighted by Crippen LogP contribution is 2.38. The van der Waals surface area contributed by atoms with Gasteiger partial charge in [0.25, 0.3) is 7.82 Å². The van der Waals surface area contributed by atoms with Crippen LogP contribution in [0, 0.1) is 0 Å². The maximum absolute atomic E-state index is 12.5. The molecule has 0 bridgehead atoms. The molecule has 0 N–H and O–H groups in total. The summed E-state index contributed by atoms with van der Waals surface area (Å²) in [6, 6.07) is 0. The number of carbonyl (C=O) groups is 1. The summed E-state index contributed by atoms with van der Waals surface area (Å²) in [6.45, 7) is 5.17. The van der Waals surface area contributed by atoms with Gasteiger partial charge in [-0.25, -0.2) is 4.79 Å². The minimum atomic E-state index is -4.57. The highest BCUT2D eigenvalue weighted by atomic mass is 31.2. The molecule has 0 spiro atoms. The largest absolute Gasteiger partial charge is 0.756 e. The topological polar surface area (TPSA) is 94.1 Å². The molecule has 318 valence electrons. The zero-order valence-electron chi connectivity index (χ0n) is 35.8. The van der Waals surface area contributed by atoms with Crippen LogP contribution in [0.1, 0.15) is 155 Å². The van der Waals surface area contributed by atoms with Gasteiger partial charge in [0.05, 0.1) is 34.4 Å². The van der Waals surface area contributed by atoms with Crippen LogP contribution in [0.15, 0.2) is 72.9 Å². The molecular weight excluding hydrogens is 709 g/mol. The van der Waals surface area contributed by atoms with Crippen LogP contribution in [0.2, 0.25) is 0 Å². The number of phosphoric ester groups is 1. The van der Waals surface area contributed by atoms with E-state index in [0.717, 1.165) is 19.3 Å². The van der Waals surface area contributed by atoms with E-state index in [1.54, 1.807) is 12.2 Å². The first-order chi connectivity index (χ1) is 26.6. The number of likely N-dealkylation sites (N-methyl/N-ethyl adjacent to an activating group) is 1. The average molecular weight is 792 g/mol. The molecule has 2 atom stereocenters. The van der Waals surface area contributed by atoms with Crippen molar-refractivity contribution in [3.05, 3.63) is 72.9 Å². The summed E-state index contributed by atoms with van der Waals surface area (Å²) >= 11 is 0. The van der Waals surface area contributed by atoms with Crippen molar-refractivity contribution in [3.8, 4) is 0 Å². The van der Waals surface area contributed by atoms with Gasteiger partial charge in [0, 0.05) is 12.7 Å². The van der Waals surface area contributed by atoms with Crippen LogP contribution in [0.5, 0.6) is 0 Å². The van der Waals surface area contributed by atoms with Gasteiger partial charge < -0.3 is 27.9 Å². The molecule has 0 saturated heterocycles. The molecule has 0 aromatic carbocycles. The van der Waals surface area contributed by atoms with Gasteiger partial charge in [-0.2, -0.15) is 0 Å². The summed E-state index contributed by atoms with van der Waals surface area (Å²) in [6.07, 6.45) is 49.8. The molecule has 1 unspecified atom stereocenters. The van der Waals surface area contributed by atoms with Crippen molar-refractivity contribution in [2.45, 2.75) is 161 Å². The van der Waals surface area contributed by atoms with E-state index in [4.69, 9.17) is 18.5 Å². The van der Waals surface area contributed by atoms with Gasteiger partial charge in [-0.3, -0.25) is 4.57 Å². The lowest BCUT2D eigenvalue weighted by atomic mass is 10.0. The van der Waals surface area contributed by atoms with Crippen LogP contribution in [0.4, 0.5) is 0 Å². The van der Waals surface area contributed by atoms with E-state index in [2.05, 4.69) is 26.0 Å². The van der Waals surface area contributed by atoms with Crippen molar-refractivity contribution in [1.29, 1.82) is 0 Å². The number of rotatable bonds is 39. The van der Waals surface area contributed by atoms with Crippen LogP contribution in [0.25, 0.3) is 0 Å². The Kier molecular flexibility index (Phi) is 37.3. The predicted molar refractivity (Wildman–Crippen MR) is 231 cm³/mol. The molecule has 0 heterocycles. The second-order valence-electron chi connectivity index (χ2n) is 15.6. The number of carbonyl (C=O) groups excluding carboxylic acids is 1. The number of unbranched alkanes of at least 4 members (excludes halogenated alkanes) is 20. The van der Waals surface area contributed by atoms with Crippen LogP contribution in [-0.4, -0.2) is 70.7 Å². The van der Waals surface area contributed by atoms with Gasteiger partial charge in [0.2, 0.25) is 0 Å². The zero-order chi connectivity index (χ0) is 40.6. The molecule has 0 aromatic rings. The van der Waals surface area contributed by atoms with E-state index < -0.39 is 19.9 Å². The molecule has 0 radical (unpaired) electrons. The van der Waals surface area contributed by atoms with E-state index in [1.165, 1.54) is 128 Å². The van der Waals surface area contributed by atoms with Gasteiger partial charge in [0.1, 0.15) is 19.3 Å². The Morgan fingerprint density at radius 2 is 1.00 bits per heavy atom. The minimum absolute atomic E-state index is 0.00286. The van der Waals surface area contributed by atoms with Crippen molar-refractivity contribution < 1.29 is 37.3 Å². The van der Waals surface area contributed by atoms with Crippen LogP contribution >= 0.6 is 7.82 Å². The Morgan fingerprint density at radius 3 is 1.49 bits per heavy atom. The molecule has 8 nitrogen and oxygen atoms in total. The fraction of sp³-hybridized carbons (Fsp3) is 0.717. The van der Waals surface area contributed by atoms with Crippen LogP contribution < -0.4 is 4.89 Å². The Labute approximate surface area is 338 Å². The molecule has 9 heteroatoms. The first kappa shape index (κ1) is 52.9. The number of phosphoric acid groups is 1. The van der Waals surface area contributed by atoms with E-state index in [9.17, 15) is 14.3 Å². The number of ether oxygens (including phenoxy) is 2. The molecule has 0 fully saturated rings. The fourth-order valence-electron chi connectivity index (χ4n) is 5.61. The zero-order valence-corrected chi connectivity index (χ0v) is 36.7. The second kappa shape index (κ2) is 38.8. The molecule has 0 rings (SSSR count). The lowest BCUT2D eigenvalue weighted by Crippen LogP contribution is -2.37. The molecule has 55 heavy (non-hydrogen) atoms. The van der Waals surface area contributed by atoms with Gasteiger partial charge in [0.15, 0.2) is 0 Å². The Bertz CT molecular complexity index is 1110. The van der Waals surface area contributed by atoms with Gasteiger partial charge >= 0.3 is 5.97 Å². The third-order valence-electron chi connectivity index (χ3n) is 9.00. The molecule has 0 aromatic heterocycles. The summed E-state index contributed by atoms with van der Waals surface area (Å²) in [5, 5.41) is 0. The summed E-state index contributed by atoms with van der Waals surface area (Å²) in [4.78, 5) is 24.9. The standard InChI is InChI=1S/C46H82NO7P/c1-6-8-10-12-14-16-18-20-22-23-24-25-26-27-29-31-33-35-37-39-46(48)54-45(44-53-55(49,50)52-42-40-47(3,4)5)43-51-41-38-36-34-32-30-28-21-19-17-15-13-11-9-7-2/h22-27,29,31,33,35,37,39,45H,6-21,28,30,32,34,36,38,40-44H2,1-5H3/t45-/m1/s1. The summed E-state index contributed by atoms with van der Waals surface area (Å²) in [5.74, 6) is -0.612. The fourth-order valence-corrected chi connectivity index (χ4v) is 6.34. The number of esters is 1. The van der Waals surface area contributed by atoms with Crippen molar-refractivity contribution in [2.75, 3.05) is 54.1 Å². The maximum Gasteiger partial charge on any atom is 0.331 e.